The number of aromatic nitrogens is 1. The van der Waals surface area contributed by atoms with Crippen molar-refractivity contribution in [3.63, 3.8) is 0 Å². The summed E-state index contributed by atoms with van der Waals surface area (Å²) < 4.78 is 15.7. The van der Waals surface area contributed by atoms with Crippen LogP contribution in [0.5, 0.6) is 0 Å². The molecule has 0 saturated carbocycles. The number of carboxylic acid groups (broad SMARTS) is 1. The highest BCUT2D eigenvalue weighted by Crippen LogP contribution is 2.38. The fourth-order valence-electron chi connectivity index (χ4n) is 3.94. The van der Waals surface area contributed by atoms with Crippen LogP contribution in [0.1, 0.15) is 38.4 Å². The van der Waals surface area contributed by atoms with E-state index in [0.29, 0.717) is 18.9 Å². The number of aliphatic hydroxyl groups is 2. The minimum absolute atomic E-state index is 0.125. The Bertz CT molecular complexity index is 1070. The number of rotatable bonds is 8. The Kier molecular flexibility index (Phi) is 6.57. The molecule has 30 heavy (non-hydrogen) atoms. The molecule has 5 nitrogen and oxygen atoms in total. The zero-order valence-corrected chi connectivity index (χ0v) is 17.0. The van der Waals surface area contributed by atoms with Gasteiger partial charge < -0.3 is 19.9 Å². The van der Waals surface area contributed by atoms with Gasteiger partial charge in [-0.25, -0.2) is 9.18 Å². The van der Waals surface area contributed by atoms with Crippen LogP contribution in [-0.4, -0.2) is 32.0 Å². The van der Waals surface area contributed by atoms with Crippen molar-refractivity contribution in [2.45, 2.75) is 45.3 Å². The van der Waals surface area contributed by atoms with Crippen LogP contribution in [0.2, 0.25) is 0 Å². The molecule has 0 aliphatic heterocycles. The summed E-state index contributed by atoms with van der Waals surface area (Å²) in [5.41, 5.74) is 3.96. The van der Waals surface area contributed by atoms with Gasteiger partial charge in [-0.15, -0.1) is 0 Å². The summed E-state index contributed by atoms with van der Waals surface area (Å²) in [5.74, 6) is -1.92. The highest BCUT2D eigenvalue weighted by Gasteiger charge is 2.21. The molecule has 0 amide bonds. The van der Waals surface area contributed by atoms with Gasteiger partial charge in [0.15, 0.2) is 0 Å². The van der Waals surface area contributed by atoms with Gasteiger partial charge in [0, 0.05) is 34.6 Å². The largest absolute Gasteiger partial charge is 0.512 e. The first-order valence-electron chi connectivity index (χ1n) is 9.96. The second kappa shape index (κ2) is 9.13. The smallest absolute Gasteiger partial charge is 0.331 e. The quantitative estimate of drug-likeness (QED) is 0.350. The molecule has 0 fully saturated rings. The molecular formula is C24H26FNO4. The number of aliphatic hydroxyl groups excluding tert-OH is 2. The van der Waals surface area contributed by atoms with Gasteiger partial charge in [-0.3, -0.25) is 0 Å². The first-order valence-corrected chi connectivity index (χ1v) is 9.96. The monoisotopic (exact) mass is 411 g/mol. The molecule has 3 rings (SSSR count). The van der Waals surface area contributed by atoms with E-state index in [1.165, 1.54) is 12.1 Å². The number of benzene rings is 2. The number of fused-ring (bicyclic) bond motifs is 1. The normalized spacial score (nSPS) is 13.2. The second-order valence-electron chi connectivity index (χ2n) is 7.68. The molecule has 0 spiro atoms. The SMILES string of the molecule is CC(C)n1c(CCC(O)CC(O)=CC(=O)O)c(-c2ccc(F)cc2)c2ccccc21. The summed E-state index contributed by atoms with van der Waals surface area (Å²) >= 11 is 0. The van der Waals surface area contributed by atoms with Crippen molar-refractivity contribution in [2.75, 3.05) is 0 Å². The Hall–Kier alpha value is -3.12. The lowest BCUT2D eigenvalue weighted by Crippen LogP contribution is -2.13. The molecule has 6 heteroatoms. The van der Waals surface area contributed by atoms with Crippen molar-refractivity contribution in [3.8, 4) is 11.1 Å². The van der Waals surface area contributed by atoms with Crippen LogP contribution in [0.25, 0.3) is 22.0 Å². The van der Waals surface area contributed by atoms with Gasteiger partial charge in [0.2, 0.25) is 0 Å². The predicted molar refractivity (Wildman–Crippen MR) is 115 cm³/mol. The van der Waals surface area contributed by atoms with Crippen LogP contribution in [0, 0.1) is 5.82 Å². The van der Waals surface area contributed by atoms with E-state index in [1.807, 2.05) is 24.3 Å². The van der Waals surface area contributed by atoms with Crippen LogP contribution in [0.4, 0.5) is 4.39 Å². The molecule has 0 bridgehead atoms. The van der Waals surface area contributed by atoms with Gasteiger partial charge in [-0.1, -0.05) is 30.3 Å². The van der Waals surface area contributed by atoms with Crippen LogP contribution in [0.3, 0.4) is 0 Å². The average molecular weight is 411 g/mol. The molecule has 3 N–H and O–H groups in total. The minimum Gasteiger partial charge on any atom is -0.512 e. The lowest BCUT2D eigenvalue weighted by atomic mass is 9.98. The molecule has 2 aromatic carbocycles. The van der Waals surface area contributed by atoms with Gasteiger partial charge in [0.05, 0.1) is 12.2 Å². The Morgan fingerprint density at radius 3 is 2.40 bits per heavy atom. The van der Waals surface area contributed by atoms with E-state index in [-0.39, 0.29) is 24.0 Å². The van der Waals surface area contributed by atoms with Crippen molar-refractivity contribution in [1.82, 2.24) is 4.57 Å². The average Bonchev–Trinajstić information content (AvgIpc) is 3.00. The Morgan fingerprint density at radius 1 is 1.10 bits per heavy atom. The molecule has 158 valence electrons. The van der Waals surface area contributed by atoms with Crippen LogP contribution >= 0.6 is 0 Å². The van der Waals surface area contributed by atoms with Gasteiger partial charge >= 0.3 is 5.97 Å². The van der Waals surface area contributed by atoms with E-state index in [4.69, 9.17) is 5.11 Å². The van der Waals surface area contributed by atoms with Crippen LogP contribution < -0.4 is 0 Å². The number of hydrogen-bond acceptors (Lipinski definition) is 3. The van der Waals surface area contributed by atoms with Crippen molar-refractivity contribution in [1.29, 1.82) is 0 Å². The molecule has 1 unspecified atom stereocenters. The third-order valence-corrected chi connectivity index (χ3v) is 5.11. The van der Waals surface area contributed by atoms with Crippen LogP contribution in [-0.2, 0) is 11.2 Å². The molecule has 0 aliphatic carbocycles. The maximum Gasteiger partial charge on any atom is 0.331 e. The standard InChI is InChI=1S/C24H26FNO4/c1-15(2)26-21-6-4-3-5-20(21)24(16-7-9-17(25)10-8-16)22(26)12-11-18(27)13-19(28)14-23(29)30/h3-10,14-15,18,27-28H,11-13H2,1-2H3,(H,29,30). The van der Waals surface area contributed by atoms with E-state index >= 15 is 0 Å². The number of aliphatic carboxylic acids is 1. The van der Waals surface area contributed by atoms with E-state index in [1.54, 1.807) is 12.1 Å². The summed E-state index contributed by atoms with van der Waals surface area (Å²) in [6.45, 7) is 4.17. The molecule has 1 heterocycles. The van der Waals surface area contributed by atoms with Gasteiger partial charge in [0.1, 0.15) is 11.6 Å². The van der Waals surface area contributed by atoms with Crippen molar-refractivity contribution < 1.29 is 24.5 Å². The van der Waals surface area contributed by atoms with Crippen molar-refractivity contribution in [3.05, 3.63) is 71.9 Å². The first-order chi connectivity index (χ1) is 14.3. The maximum atomic E-state index is 13.5. The number of hydrogen-bond donors (Lipinski definition) is 3. The Balaban J connectivity index is 2.02. The Labute approximate surface area is 174 Å². The zero-order valence-electron chi connectivity index (χ0n) is 17.0. The van der Waals surface area contributed by atoms with Gasteiger partial charge in [-0.05, 0) is 50.5 Å². The number of nitrogens with zero attached hydrogens (tertiary/aromatic N) is 1. The zero-order chi connectivity index (χ0) is 21.8. The molecule has 0 radical (unpaired) electrons. The third-order valence-electron chi connectivity index (χ3n) is 5.11. The summed E-state index contributed by atoms with van der Waals surface area (Å²) in [6.07, 6.45) is 0.536. The molecule has 0 aliphatic rings. The summed E-state index contributed by atoms with van der Waals surface area (Å²) in [7, 11) is 0. The topological polar surface area (TPSA) is 82.7 Å². The number of carbonyl (C=O) groups is 1. The minimum atomic E-state index is -1.25. The number of carboxylic acids is 1. The fraction of sp³-hybridized carbons (Fsp3) is 0.292. The van der Waals surface area contributed by atoms with E-state index in [9.17, 15) is 19.4 Å². The summed E-state index contributed by atoms with van der Waals surface area (Å²) in [6, 6.07) is 14.6. The highest BCUT2D eigenvalue weighted by molar-refractivity contribution is 5.98. The van der Waals surface area contributed by atoms with Gasteiger partial charge in [0.25, 0.3) is 0 Å². The first kappa shape index (κ1) is 21.6. The number of para-hydroxylation sites is 1. The van der Waals surface area contributed by atoms with E-state index in [2.05, 4.69) is 18.4 Å². The molecule has 0 saturated heterocycles. The van der Waals surface area contributed by atoms with E-state index in [0.717, 1.165) is 27.7 Å². The molecular weight excluding hydrogens is 385 g/mol. The molecule has 1 aromatic heterocycles. The molecule has 1 atom stereocenters. The lowest BCUT2D eigenvalue weighted by Gasteiger charge is -2.18. The predicted octanol–water partition coefficient (Wildman–Crippen LogP) is 5.24. The fourth-order valence-corrected chi connectivity index (χ4v) is 3.94. The maximum absolute atomic E-state index is 13.5. The lowest BCUT2D eigenvalue weighted by molar-refractivity contribution is -0.131. The summed E-state index contributed by atoms with van der Waals surface area (Å²) in [5, 5.41) is 29.8. The highest BCUT2D eigenvalue weighted by atomic mass is 19.1. The van der Waals surface area contributed by atoms with Crippen molar-refractivity contribution in [2.24, 2.45) is 0 Å². The molecule has 3 aromatic rings. The second-order valence-corrected chi connectivity index (χ2v) is 7.68. The number of halogens is 1. The van der Waals surface area contributed by atoms with Gasteiger partial charge in [-0.2, -0.15) is 0 Å². The third kappa shape index (κ3) is 4.71. The van der Waals surface area contributed by atoms with Crippen molar-refractivity contribution >= 4 is 16.9 Å². The van der Waals surface area contributed by atoms with Crippen LogP contribution in [0.15, 0.2) is 60.4 Å². The van der Waals surface area contributed by atoms with E-state index < -0.39 is 12.1 Å². The summed E-state index contributed by atoms with van der Waals surface area (Å²) in [4.78, 5) is 10.7. The Morgan fingerprint density at radius 2 is 1.77 bits per heavy atom.